The van der Waals surface area contributed by atoms with Crippen molar-refractivity contribution in [3.05, 3.63) is 53.8 Å². The van der Waals surface area contributed by atoms with E-state index in [0.717, 1.165) is 5.39 Å². The van der Waals surface area contributed by atoms with Crippen molar-refractivity contribution in [1.82, 2.24) is 4.31 Å². The van der Waals surface area contributed by atoms with Gasteiger partial charge in [-0.1, -0.05) is 19.9 Å². The number of carbonyl (C=O) groups excluding carboxylic acids is 1. The van der Waals surface area contributed by atoms with Crippen LogP contribution < -0.4 is 10.1 Å². The zero-order valence-corrected chi connectivity index (χ0v) is 17.7. The summed E-state index contributed by atoms with van der Waals surface area (Å²) in [4.78, 5) is 12.9. The number of rotatable bonds is 7. The minimum absolute atomic E-state index is 0.130. The lowest BCUT2D eigenvalue weighted by Crippen LogP contribution is -2.30. The Kier molecular flexibility index (Phi) is 5.95. The molecule has 3 aromatic rings. The van der Waals surface area contributed by atoms with Crippen molar-refractivity contribution < 1.29 is 22.4 Å². The molecule has 0 radical (unpaired) electrons. The van der Waals surface area contributed by atoms with Crippen LogP contribution in [0.2, 0.25) is 0 Å². The van der Waals surface area contributed by atoms with E-state index in [2.05, 4.69) is 5.32 Å². The van der Waals surface area contributed by atoms with Crippen molar-refractivity contribution in [1.29, 1.82) is 0 Å². The third kappa shape index (κ3) is 3.99. The number of hydrogen-bond donors (Lipinski definition) is 1. The van der Waals surface area contributed by atoms with Gasteiger partial charge in [0.2, 0.25) is 10.0 Å². The molecule has 0 fully saturated rings. The smallest absolute Gasteiger partial charge is 0.291 e. The average Bonchev–Trinajstić information content (AvgIpc) is 3.05. The number of nitrogens with zero attached hydrogens (tertiary/aromatic N) is 1. The lowest BCUT2D eigenvalue weighted by atomic mass is 10.1. The number of methoxy groups -OCH3 is 1. The van der Waals surface area contributed by atoms with Crippen molar-refractivity contribution in [2.75, 3.05) is 25.5 Å². The van der Waals surface area contributed by atoms with Crippen LogP contribution in [0.1, 0.15) is 30.0 Å². The number of nitrogens with one attached hydrogen (secondary N) is 1. The molecule has 0 bridgehead atoms. The van der Waals surface area contributed by atoms with Crippen LogP contribution in [0.5, 0.6) is 5.75 Å². The maximum atomic E-state index is 12.8. The number of carbonyl (C=O) groups is 1. The normalized spacial score (nSPS) is 11.8. The Morgan fingerprint density at radius 3 is 2.52 bits per heavy atom. The van der Waals surface area contributed by atoms with E-state index in [4.69, 9.17) is 9.15 Å². The fraction of sp³-hybridized carbons (Fsp3) is 0.286. The van der Waals surface area contributed by atoms with E-state index in [9.17, 15) is 13.2 Å². The number of sulfonamides is 1. The molecule has 3 rings (SSSR count). The number of hydrogen-bond acceptors (Lipinski definition) is 5. The molecule has 1 aromatic heterocycles. The third-order valence-corrected chi connectivity index (χ3v) is 6.83. The summed E-state index contributed by atoms with van der Waals surface area (Å²) in [6.07, 6.45) is 0. The molecule has 154 valence electrons. The van der Waals surface area contributed by atoms with E-state index in [1.807, 2.05) is 6.07 Å². The van der Waals surface area contributed by atoms with Gasteiger partial charge in [-0.15, -0.1) is 0 Å². The van der Waals surface area contributed by atoms with Gasteiger partial charge in [0.1, 0.15) is 11.3 Å². The molecule has 0 saturated heterocycles. The summed E-state index contributed by atoms with van der Waals surface area (Å²) in [5.41, 5.74) is 1.63. The number of furan rings is 1. The predicted octanol–water partition coefficient (Wildman–Crippen LogP) is 4.03. The van der Waals surface area contributed by atoms with E-state index in [0.29, 0.717) is 35.7 Å². The molecule has 2 aromatic carbocycles. The van der Waals surface area contributed by atoms with E-state index < -0.39 is 15.9 Å². The summed E-state index contributed by atoms with van der Waals surface area (Å²) >= 11 is 0. The standard InChI is InChI=1S/C21H24N2O5S/c1-5-23(6-2)29(25,26)17-9-7-8-15(12-17)22-21(24)20-14(3)18-13-16(27-4)10-11-19(18)28-20/h7-13H,5-6H2,1-4H3,(H,22,24). The molecule has 1 N–H and O–H groups in total. The molecule has 8 heteroatoms. The van der Waals surface area contributed by atoms with Gasteiger partial charge in [-0.25, -0.2) is 8.42 Å². The van der Waals surface area contributed by atoms with E-state index in [-0.39, 0.29) is 10.7 Å². The van der Waals surface area contributed by atoms with Gasteiger partial charge in [0.05, 0.1) is 12.0 Å². The van der Waals surface area contributed by atoms with Gasteiger partial charge >= 0.3 is 0 Å². The molecular formula is C21H24N2O5S. The van der Waals surface area contributed by atoms with Gasteiger partial charge in [0.15, 0.2) is 5.76 Å². The van der Waals surface area contributed by atoms with Gasteiger partial charge in [-0.2, -0.15) is 4.31 Å². The molecule has 0 spiro atoms. The Morgan fingerprint density at radius 1 is 1.14 bits per heavy atom. The molecule has 0 atom stereocenters. The Bertz CT molecular complexity index is 1150. The lowest BCUT2D eigenvalue weighted by molar-refractivity contribution is 0.0998. The molecule has 29 heavy (non-hydrogen) atoms. The minimum Gasteiger partial charge on any atom is -0.497 e. The SMILES string of the molecule is CCN(CC)S(=O)(=O)c1cccc(NC(=O)c2oc3ccc(OC)cc3c2C)c1. The van der Waals surface area contributed by atoms with Gasteiger partial charge in [-0.3, -0.25) is 4.79 Å². The van der Waals surface area contributed by atoms with Gasteiger partial charge in [-0.05, 0) is 43.3 Å². The Morgan fingerprint density at radius 2 is 1.86 bits per heavy atom. The van der Waals surface area contributed by atoms with Crippen LogP contribution >= 0.6 is 0 Å². The summed E-state index contributed by atoms with van der Waals surface area (Å²) in [5.74, 6) is 0.392. The first kappa shape index (κ1) is 20.9. The van der Waals surface area contributed by atoms with Crippen molar-refractivity contribution >= 4 is 32.6 Å². The van der Waals surface area contributed by atoms with Crippen molar-refractivity contribution in [2.45, 2.75) is 25.7 Å². The zero-order chi connectivity index (χ0) is 21.2. The highest BCUT2D eigenvalue weighted by Gasteiger charge is 2.23. The van der Waals surface area contributed by atoms with Crippen LogP contribution in [-0.2, 0) is 10.0 Å². The van der Waals surface area contributed by atoms with Crippen LogP contribution in [0.3, 0.4) is 0 Å². The van der Waals surface area contributed by atoms with Crippen molar-refractivity contribution in [3.63, 3.8) is 0 Å². The van der Waals surface area contributed by atoms with Gasteiger partial charge in [0.25, 0.3) is 5.91 Å². The molecule has 7 nitrogen and oxygen atoms in total. The fourth-order valence-corrected chi connectivity index (χ4v) is 4.68. The van der Waals surface area contributed by atoms with Crippen LogP contribution in [-0.4, -0.2) is 38.8 Å². The summed E-state index contributed by atoms with van der Waals surface area (Å²) in [7, 11) is -2.04. The van der Waals surface area contributed by atoms with E-state index >= 15 is 0 Å². The molecule has 0 aliphatic rings. The first-order chi connectivity index (χ1) is 13.8. The average molecular weight is 416 g/mol. The second-order valence-electron chi connectivity index (χ2n) is 6.49. The van der Waals surface area contributed by atoms with Crippen molar-refractivity contribution in [2.24, 2.45) is 0 Å². The summed E-state index contributed by atoms with van der Waals surface area (Å²) < 4.78 is 37.7. The third-order valence-electron chi connectivity index (χ3n) is 4.78. The highest BCUT2D eigenvalue weighted by molar-refractivity contribution is 7.89. The summed E-state index contributed by atoms with van der Waals surface area (Å²) in [6.45, 7) is 6.10. The number of aryl methyl sites for hydroxylation is 1. The van der Waals surface area contributed by atoms with Crippen LogP contribution in [0, 0.1) is 6.92 Å². The number of anilines is 1. The maximum absolute atomic E-state index is 12.8. The monoisotopic (exact) mass is 416 g/mol. The first-order valence-corrected chi connectivity index (χ1v) is 10.7. The largest absolute Gasteiger partial charge is 0.497 e. The maximum Gasteiger partial charge on any atom is 0.291 e. The fourth-order valence-electron chi connectivity index (χ4n) is 3.18. The molecule has 0 aliphatic carbocycles. The zero-order valence-electron chi connectivity index (χ0n) is 16.9. The van der Waals surface area contributed by atoms with E-state index in [1.54, 1.807) is 52.1 Å². The predicted molar refractivity (Wildman–Crippen MR) is 112 cm³/mol. The molecule has 0 aliphatic heterocycles. The highest BCUT2D eigenvalue weighted by Crippen LogP contribution is 2.29. The Balaban J connectivity index is 1.90. The first-order valence-electron chi connectivity index (χ1n) is 9.30. The highest BCUT2D eigenvalue weighted by atomic mass is 32.2. The molecule has 0 unspecified atom stereocenters. The summed E-state index contributed by atoms with van der Waals surface area (Å²) in [6, 6.07) is 11.5. The van der Waals surface area contributed by atoms with Gasteiger partial charge < -0.3 is 14.5 Å². The number of ether oxygens (including phenoxy) is 1. The Labute approximate surface area is 170 Å². The Hall–Kier alpha value is -2.84. The molecule has 1 amide bonds. The summed E-state index contributed by atoms with van der Waals surface area (Å²) in [5, 5.41) is 3.51. The number of amides is 1. The van der Waals surface area contributed by atoms with Crippen LogP contribution in [0.25, 0.3) is 11.0 Å². The lowest BCUT2D eigenvalue weighted by Gasteiger charge is -2.18. The molecule has 1 heterocycles. The molecule has 0 saturated carbocycles. The quantitative estimate of drug-likeness (QED) is 0.628. The van der Waals surface area contributed by atoms with Crippen LogP contribution in [0.15, 0.2) is 51.8 Å². The van der Waals surface area contributed by atoms with E-state index in [1.165, 1.54) is 16.4 Å². The molecular weight excluding hydrogens is 392 g/mol. The minimum atomic E-state index is -3.62. The number of benzene rings is 2. The number of fused-ring (bicyclic) bond motifs is 1. The second kappa shape index (κ2) is 8.26. The van der Waals surface area contributed by atoms with Crippen molar-refractivity contribution in [3.8, 4) is 5.75 Å². The second-order valence-corrected chi connectivity index (χ2v) is 8.43. The van der Waals surface area contributed by atoms with Crippen LogP contribution in [0.4, 0.5) is 5.69 Å². The topological polar surface area (TPSA) is 88.9 Å². The van der Waals surface area contributed by atoms with Gasteiger partial charge in [0, 0.05) is 29.7 Å².